The van der Waals surface area contributed by atoms with Crippen LogP contribution in [0.25, 0.3) is 0 Å². The van der Waals surface area contributed by atoms with Gasteiger partial charge in [-0.25, -0.2) is 4.99 Å². The summed E-state index contributed by atoms with van der Waals surface area (Å²) in [4.78, 5) is 46.5. The molecule has 3 rings (SSSR count). The van der Waals surface area contributed by atoms with Crippen molar-refractivity contribution < 1.29 is 24.9 Å². The lowest BCUT2D eigenvalue weighted by Gasteiger charge is -2.15. The van der Waals surface area contributed by atoms with E-state index in [4.69, 9.17) is 5.73 Å². The molecule has 0 aliphatic heterocycles. The number of rotatable bonds is 8. The van der Waals surface area contributed by atoms with E-state index in [1.807, 2.05) is 0 Å². The van der Waals surface area contributed by atoms with Crippen LogP contribution in [0.3, 0.4) is 0 Å². The number of thiazole rings is 1. The second kappa shape index (κ2) is 11.1. The number of amidine groups is 1. The van der Waals surface area contributed by atoms with Crippen LogP contribution in [-0.2, 0) is 0 Å². The largest absolute Gasteiger partial charge is 0.492 e. The van der Waals surface area contributed by atoms with Crippen LogP contribution in [0.15, 0.2) is 21.9 Å². The summed E-state index contributed by atoms with van der Waals surface area (Å²) >= 11 is 1.70. The van der Waals surface area contributed by atoms with Crippen molar-refractivity contribution in [2.75, 3.05) is 24.7 Å². The number of aliphatic hydroxyl groups excluding tert-OH is 2. The van der Waals surface area contributed by atoms with Crippen molar-refractivity contribution in [2.24, 2.45) is 10.7 Å². The molecule has 0 bridgehead atoms. The van der Waals surface area contributed by atoms with E-state index in [2.05, 4.69) is 25.0 Å². The average molecular weight is 550 g/mol. The van der Waals surface area contributed by atoms with Gasteiger partial charge in [0.15, 0.2) is 16.2 Å². The van der Waals surface area contributed by atoms with Crippen LogP contribution >= 0.6 is 22.9 Å². The Morgan fingerprint density at radius 2 is 1.84 bits per heavy atom. The highest BCUT2D eigenvalue weighted by molar-refractivity contribution is 7.18. The number of carbonyl (C=O) groups is 2. The van der Waals surface area contributed by atoms with E-state index < -0.39 is 29.7 Å². The second-order valence-electron chi connectivity index (χ2n) is 8.34. The number of anilines is 3. The number of carbonyl (C=O) groups excluding carboxylic acids is 2. The quantitative estimate of drug-likeness (QED) is 0.159. The Bertz CT molecular complexity index is 1400. The van der Waals surface area contributed by atoms with Crippen LogP contribution in [0, 0.1) is 13.8 Å². The molecule has 8 N–H and O–H groups in total. The van der Waals surface area contributed by atoms with Gasteiger partial charge in [-0.05, 0) is 55.6 Å². The molecule has 0 spiro atoms. The molecule has 3 aromatic rings. The summed E-state index contributed by atoms with van der Waals surface area (Å²) in [5.41, 5.74) is 7.47. The number of aliphatic hydroxyl groups is 2. The van der Waals surface area contributed by atoms with Crippen LogP contribution in [0.5, 0.6) is 5.88 Å². The molecule has 2 amide bonds. The maximum atomic E-state index is 12.9. The normalized spacial score (nSPS) is 13.2. The Morgan fingerprint density at radius 3 is 2.41 bits per heavy atom. The number of aromatic amines is 1. The van der Waals surface area contributed by atoms with E-state index >= 15 is 0 Å². The molecule has 0 fully saturated rings. The van der Waals surface area contributed by atoms with E-state index in [9.17, 15) is 29.7 Å². The highest BCUT2D eigenvalue weighted by atomic mass is 32.1. The molecule has 0 aliphatic carbocycles. The third-order valence-corrected chi connectivity index (χ3v) is 6.88. The first-order valence-electron chi connectivity index (χ1n) is 10.8. The minimum absolute atomic E-state index is 0.0865. The Balaban J connectivity index is 1.84. The number of aryl methyl sites for hydroxylation is 2. The van der Waals surface area contributed by atoms with Crippen molar-refractivity contribution in [1.82, 2.24) is 14.3 Å². The molecule has 2 heterocycles. The predicted molar refractivity (Wildman–Crippen MR) is 142 cm³/mol. The molecule has 0 saturated heterocycles. The van der Waals surface area contributed by atoms with Gasteiger partial charge in [0.1, 0.15) is 16.4 Å². The fourth-order valence-corrected chi connectivity index (χ4v) is 4.83. The SMILES string of the molecule is Cc1cc(C(=O)N(C)C)cc(C)c1NC(=O)c1sc(Nc2s[nH]c(=O)c2/C(N)=N/C(O)C(C)O)nc1O. The molecule has 15 heteroatoms. The minimum atomic E-state index is -1.53. The van der Waals surface area contributed by atoms with E-state index in [-0.39, 0.29) is 32.3 Å². The fraction of sp³-hybridized carbons (Fsp3) is 0.318. The molecule has 2 atom stereocenters. The zero-order valence-electron chi connectivity index (χ0n) is 20.6. The zero-order valence-corrected chi connectivity index (χ0v) is 22.2. The summed E-state index contributed by atoms with van der Waals surface area (Å²) in [7, 11) is 3.30. The van der Waals surface area contributed by atoms with Gasteiger partial charge in [-0.1, -0.05) is 11.3 Å². The first-order valence-corrected chi connectivity index (χ1v) is 12.5. The molecular weight excluding hydrogens is 522 g/mol. The molecule has 13 nitrogen and oxygen atoms in total. The van der Waals surface area contributed by atoms with Crippen molar-refractivity contribution in [2.45, 2.75) is 33.1 Å². The number of hydrogen-bond acceptors (Lipinski definition) is 11. The number of nitrogens with one attached hydrogen (secondary N) is 3. The summed E-state index contributed by atoms with van der Waals surface area (Å²) in [6, 6.07) is 3.33. The van der Waals surface area contributed by atoms with E-state index in [1.54, 1.807) is 40.1 Å². The molecule has 198 valence electrons. The van der Waals surface area contributed by atoms with Gasteiger partial charge in [0.2, 0.25) is 5.88 Å². The van der Waals surface area contributed by atoms with Gasteiger partial charge in [0.25, 0.3) is 17.4 Å². The average Bonchev–Trinajstić information content (AvgIpc) is 3.36. The molecule has 0 aliphatic rings. The number of aliphatic imine (C=N–C) groups is 1. The van der Waals surface area contributed by atoms with Gasteiger partial charge in [0.05, 0.1) is 6.10 Å². The van der Waals surface area contributed by atoms with Gasteiger partial charge >= 0.3 is 0 Å². The summed E-state index contributed by atoms with van der Waals surface area (Å²) in [6.45, 7) is 4.82. The first-order chi connectivity index (χ1) is 17.3. The topological polar surface area (TPSA) is 206 Å². The number of H-pyrrole nitrogens is 1. The monoisotopic (exact) mass is 549 g/mol. The number of nitrogens with zero attached hydrogens (tertiary/aromatic N) is 3. The second-order valence-corrected chi connectivity index (χ2v) is 10.2. The van der Waals surface area contributed by atoms with Gasteiger partial charge in [-0.2, -0.15) is 4.98 Å². The maximum Gasteiger partial charge on any atom is 0.271 e. The number of amides is 2. The number of aromatic hydroxyl groups is 1. The van der Waals surface area contributed by atoms with Gasteiger partial charge in [-0.15, -0.1) is 0 Å². The Labute approximate surface area is 219 Å². The highest BCUT2D eigenvalue weighted by Crippen LogP contribution is 2.33. The predicted octanol–water partition coefficient (Wildman–Crippen LogP) is 1.32. The summed E-state index contributed by atoms with van der Waals surface area (Å²) in [6.07, 6.45) is -2.74. The summed E-state index contributed by atoms with van der Waals surface area (Å²) in [5.74, 6) is -1.64. The van der Waals surface area contributed by atoms with Crippen LogP contribution < -0.4 is 21.9 Å². The van der Waals surface area contributed by atoms with Crippen molar-refractivity contribution >= 4 is 56.3 Å². The number of benzene rings is 1. The lowest BCUT2D eigenvalue weighted by molar-refractivity contribution is 0.0376. The number of hydrogen-bond donors (Lipinski definition) is 7. The van der Waals surface area contributed by atoms with Crippen LogP contribution in [0.4, 0.5) is 15.8 Å². The molecule has 0 radical (unpaired) electrons. The number of aromatic nitrogens is 2. The molecule has 0 saturated carbocycles. The fourth-order valence-electron chi connectivity index (χ4n) is 3.26. The van der Waals surface area contributed by atoms with Crippen LogP contribution in [-0.4, -0.2) is 73.7 Å². The third-order valence-electron chi connectivity index (χ3n) is 5.12. The molecule has 37 heavy (non-hydrogen) atoms. The third kappa shape index (κ3) is 6.14. The first kappa shape index (κ1) is 27.8. The summed E-state index contributed by atoms with van der Waals surface area (Å²) < 4.78 is 2.48. The lowest BCUT2D eigenvalue weighted by Crippen LogP contribution is -2.28. The number of nitrogens with two attached hydrogens (primary N) is 1. The Morgan fingerprint density at radius 1 is 1.22 bits per heavy atom. The van der Waals surface area contributed by atoms with E-state index in [0.717, 1.165) is 22.9 Å². The Kier molecular flexibility index (Phi) is 8.32. The van der Waals surface area contributed by atoms with Gasteiger partial charge in [-0.3, -0.25) is 18.8 Å². The van der Waals surface area contributed by atoms with E-state index in [0.29, 0.717) is 22.4 Å². The Hall–Kier alpha value is -3.79. The van der Waals surface area contributed by atoms with Gasteiger partial charge < -0.3 is 36.6 Å². The minimum Gasteiger partial charge on any atom is -0.492 e. The smallest absolute Gasteiger partial charge is 0.271 e. The molecule has 2 aromatic heterocycles. The van der Waals surface area contributed by atoms with Crippen LogP contribution in [0.1, 0.15) is 43.6 Å². The zero-order chi connectivity index (χ0) is 27.6. The van der Waals surface area contributed by atoms with Crippen molar-refractivity contribution in [1.29, 1.82) is 0 Å². The van der Waals surface area contributed by atoms with Crippen molar-refractivity contribution in [3.63, 3.8) is 0 Å². The summed E-state index contributed by atoms with van der Waals surface area (Å²) in [5, 5.41) is 35.3. The molecule has 2 unspecified atom stereocenters. The molecular formula is C22H27N7O6S2. The van der Waals surface area contributed by atoms with Gasteiger partial charge in [0, 0.05) is 25.3 Å². The lowest BCUT2D eigenvalue weighted by atomic mass is 10.0. The van der Waals surface area contributed by atoms with Crippen molar-refractivity contribution in [3.05, 3.63) is 49.6 Å². The molecule has 1 aromatic carbocycles. The standard InChI is InChI=1S/C22H27N7O6S2/c1-8-6-11(21(35)29(4)5)7-9(2)13(8)24-18(33)14-19(34)26-22(36-14)27-20-12(17(32)28-37-20)15(23)25-16(31)10(3)30/h6-7,10,16,30-31,34H,1-5H3,(H2,23,25)(H,24,33)(H,26,27)(H,28,32). The maximum absolute atomic E-state index is 12.9. The van der Waals surface area contributed by atoms with Crippen molar-refractivity contribution in [3.8, 4) is 5.88 Å². The van der Waals surface area contributed by atoms with E-state index in [1.165, 1.54) is 11.8 Å². The van der Waals surface area contributed by atoms with Crippen LogP contribution in [0.2, 0.25) is 0 Å². The highest BCUT2D eigenvalue weighted by Gasteiger charge is 2.23.